The molecule has 2 aromatic carbocycles. The molecule has 1 N–H and O–H groups in total. The van der Waals surface area contributed by atoms with Crippen LogP contribution in [-0.2, 0) is 24.3 Å². The summed E-state index contributed by atoms with van der Waals surface area (Å²) in [5, 5.41) is 8.39. The number of hydrogen-bond donors (Lipinski definition) is 1. The van der Waals surface area contributed by atoms with Crippen LogP contribution in [0.3, 0.4) is 0 Å². The van der Waals surface area contributed by atoms with Gasteiger partial charge in [-0.05, 0) is 37.3 Å². The fraction of sp³-hybridized carbons (Fsp3) is 0.318. The highest BCUT2D eigenvalue weighted by Gasteiger charge is 2.34. The number of nitrogens with zero attached hydrogens (tertiary/aromatic N) is 3. The molecule has 174 valence electrons. The second-order valence-corrected chi connectivity index (χ2v) is 9.58. The van der Waals surface area contributed by atoms with Gasteiger partial charge in [-0.3, -0.25) is 14.6 Å². The third-order valence-electron chi connectivity index (χ3n) is 5.44. The molecule has 2 aliphatic rings. The number of hydrazone groups is 1. The van der Waals surface area contributed by atoms with Crippen molar-refractivity contribution in [2.75, 3.05) is 36.6 Å². The van der Waals surface area contributed by atoms with Crippen molar-refractivity contribution in [3.05, 3.63) is 54.3 Å². The molecule has 0 radical (unpaired) electrons. The SMILES string of the molecule is CC(=O)C1CC(C(=O)Nc2ccc(F)c(S(=O)(=O)N3CCOCC3)c2)=NN1c1ccccc1. The third kappa shape index (κ3) is 4.80. The van der Waals surface area contributed by atoms with Crippen molar-refractivity contribution in [3.8, 4) is 0 Å². The molecule has 9 nitrogen and oxygen atoms in total. The van der Waals surface area contributed by atoms with E-state index in [0.29, 0.717) is 5.69 Å². The molecule has 0 bridgehead atoms. The van der Waals surface area contributed by atoms with Gasteiger partial charge in [0.2, 0.25) is 10.0 Å². The summed E-state index contributed by atoms with van der Waals surface area (Å²) >= 11 is 0. The molecule has 4 rings (SSSR count). The number of sulfonamides is 1. The molecule has 11 heteroatoms. The molecule has 1 unspecified atom stereocenters. The standard InChI is InChI=1S/C22H23FN4O5S/c1-15(28)20-14-19(25-27(20)17-5-3-2-4-6-17)22(29)24-16-7-8-18(23)21(13-16)33(30,31)26-9-11-32-12-10-26/h2-8,13,20H,9-12,14H2,1H3,(H,24,29). The monoisotopic (exact) mass is 474 g/mol. The van der Waals surface area contributed by atoms with Gasteiger partial charge in [-0.1, -0.05) is 18.2 Å². The number of carbonyl (C=O) groups excluding carboxylic acids is 2. The zero-order chi connectivity index (χ0) is 23.6. The quantitative estimate of drug-likeness (QED) is 0.686. The average Bonchev–Trinajstić information content (AvgIpc) is 3.28. The molecule has 0 saturated carbocycles. The molecule has 33 heavy (non-hydrogen) atoms. The van der Waals surface area contributed by atoms with E-state index in [1.807, 2.05) is 6.07 Å². The van der Waals surface area contributed by atoms with Gasteiger partial charge in [0.1, 0.15) is 22.5 Å². The lowest BCUT2D eigenvalue weighted by Crippen LogP contribution is -2.40. The summed E-state index contributed by atoms with van der Waals surface area (Å²) in [5.41, 5.74) is 0.885. The predicted octanol–water partition coefficient (Wildman–Crippen LogP) is 2.01. The largest absolute Gasteiger partial charge is 0.379 e. The first-order chi connectivity index (χ1) is 15.8. The number of rotatable bonds is 6. The highest BCUT2D eigenvalue weighted by Crippen LogP contribution is 2.27. The number of nitrogens with one attached hydrogen (secondary N) is 1. The highest BCUT2D eigenvalue weighted by molar-refractivity contribution is 7.89. The van der Waals surface area contributed by atoms with E-state index in [1.165, 1.54) is 18.0 Å². The van der Waals surface area contributed by atoms with Crippen molar-refractivity contribution in [1.82, 2.24) is 4.31 Å². The maximum absolute atomic E-state index is 14.4. The normalized spacial score (nSPS) is 19.3. The Kier molecular flexibility index (Phi) is 6.54. The van der Waals surface area contributed by atoms with E-state index in [-0.39, 0.29) is 49.9 Å². The topological polar surface area (TPSA) is 108 Å². The first-order valence-corrected chi connectivity index (χ1v) is 11.8. The summed E-state index contributed by atoms with van der Waals surface area (Å²) in [6.07, 6.45) is 0.0934. The number of morpholine rings is 1. The van der Waals surface area contributed by atoms with Gasteiger partial charge < -0.3 is 10.1 Å². The number of anilines is 2. The zero-order valence-corrected chi connectivity index (χ0v) is 18.7. The first-order valence-electron chi connectivity index (χ1n) is 10.4. The molecule has 0 aliphatic carbocycles. The smallest absolute Gasteiger partial charge is 0.271 e. The van der Waals surface area contributed by atoms with Crippen LogP contribution in [0, 0.1) is 5.82 Å². The lowest BCUT2D eigenvalue weighted by Gasteiger charge is -2.26. The molecular formula is C22H23FN4O5S. The maximum Gasteiger partial charge on any atom is 0.271 e. The fourth-order valence-corrected chi connectivity index (χ4v) is 5.19. The fourth-order valence-electron chi connectivity index (χ4n) is 3.69. The minimum Gasteiger partial charge on any atom is -0.379 e. The van der Waals surface area contributed by atoms with E-state index in [4.69, 9.17) is 4.74 Å². The van der Waals surface area contributed by atoms with Crippen molar-refractivity contribution in [3.63, 3.8) is 0 Å². The molecular weight excluding hydrogens is 451 g/mol. The van der Waals surface area contributed by atoms with Crippen LogP contribution in [0.1, 0.15) is 13.3 Å². The van der Waals surface area contributed by atoms with Gasteiger partial charge in [-0.2, -0.15) is 9.41 Å². The molecule has 1 fully saturated rings. The van der Waals surface area contributed by atoms with Gasteiger partial charge in [0.25, 0.3) is 5.91 Å². The van der Waals surface area contributed by atoms with Crippen LogP contribution in [0.25, 0.3) is 0 Å². The minimum absolute atomic E-state index is 0.0934. The second kappa shape index (κ2) is 9.38. The second-order valence-electron chi connectivity index (χ2n) is 7.67. The van der Waals surface area contributed by atoms with E-state index in [0.717, 1.165) is 16.4 Å². The van der Waals surface area contributed by atoms with Crippen molar-refractivity contribution in [2.45, 2.75) is 24.3 Å². The van der Waals surface area contributed by atoms with Gasteiger partial charge in [0.05, 0.1) is 18.9 Å². The van der Waals surface area contributed by atoms with Crippen LogP contribution < -0.4 is 10.3 Å². The van der Waals surface area contributed by atoms with Crippen LogP contribution in [0.5, 0.6) is 0 Å². The van der Waals surface area contributed by atoms with E-state index in [9.17, 15) is 22.4 Å². The third-order valence-corrected chi connectivity index (χ3v) is 7.35. The summed E-state index contributed by atoms with van der Waals surface area (Å²) in [6.45, 7) is 2.13. The molecule has 0 spiro atoms. The number of amides is 1. The van der Waals surface area contributed by atoms with E-state index >= 15 is 0 Å². The van der Waals surface area contributed by atoms with E-state index in [2.05, 4.69) is 10.4 Å². The lowest BCUT2D eigenvalue weighted by atomic mass is 10.1. The molecule has 2 aromatic rings. The molecule has 1 atom stereocenters. The van der Waals surface area contributed by atoms with Gasteiger partial charge in [0, 0.05) is 25.2 Å². The van der Waals surface area contributed by atoms with Gasteiger partial charge >= 0.3 is 0 Å². The number of benzene rings is 2. The summed E-state index contributed by atoms with van der Waals surface area (Å²) in [5.74, 6) is -1.66. The van der Waals surface area contributed by atoms with Crippen LogP contribution in [0.2, 0.25) is 0 Å². The Morgan fingerprint density at radius 2 is 1.82 bits per heavy atom. The Hall–Kier alpha value is -3.15. The van der Waals surface area contributed by atoms with E-state index in [1.54, 1.807) is 24.3 Å². The van der Waals surface area contributed by atoms with Crippen molar-refractivity contribution in [1.29, 1.82) is 0 Å². The number of carbonyl (C=O) groups is 2. The molecule has 2 aliphatic heterocycles. The van der Waals surface area contributed by atoms with Crippen LogP contribution in [-0.4, -0.2) is 62.5 Å². The van der Waals surface area contributed by atoms with Crippen LogP contribution >= 0.6 is 0 Å². The summed E-state index contributed by atoms with van der Waals surface area (Å²) in [6, 6.07) is 11.7. The predicted molar refractivity (Wildman–Crippen MR) is 120 cm³/mol. The summed E-state index contributed by atoms with van der Waals surface area (Å²) in [4.78, 5) is 24.5. The number of ketones is 1. The summed E-state index contributed by atoms with van der Waals surface area (Å²) in [7, 11) is -4.09. The number of halogens is 1. The Morgan fingerprint density at radius 3 is 2.48 bits per heavy atom. The van der Waals surface area contributed by atoms with Crippen LogP contribution in [0.4, 0.5) is 15.8 Å². The number of ether oxygens (including phenoxy) is 1. The Bertz CT molecular complexity index is 1200. The van der Waals surface area contributed by atoms with Crippen molar-refractivity contribution in [2.24, 2.45) is 5.10 Å². The van der Waals surface area contributed by atoms with Gasteiger partial charge in [-0.15, -0.1) is 0 Å². The molecule has 1 saturated heterocycles. The van der Waals surface area contributed by atoms with E-state index < -0.39 is 32.7 Å². The molecule has 2 heterocycles. The minimum atomic E-state index is -4.09. The average molecular weight is 475 g/mol. The molecule has 0 aromatic heterocycles. The van der Waals surface area contributed by atoms with Crippen molar-refractivity contribution >= 4 is 38.8 Å². The zero-order valence-electron chi connectivity index (χ0n) is 17.9. The molecule has 1 amide bonds. The number of para-hydroxylation sites is 1. The first kappa shape index (κ1) is 23.0. The Morgan fingerprint density at radius 1 is 1.12 bits per heavy atom. The van der Waals surface area contributed by atoms with Gasteiger partial charge in [0.15, 0.2) is 5.78 Å². The highest BCUT2D eigenvalue weighted by atomic mass is 32.2. The van der Waals surface area contributed by atoms with Crippen LogP contribution in [0.15, 0.2) is 58.5 Å². The summed E-state index contributed by atoms with van der Waals surface area (Å²) < 4.78 is 46.5. The Labute approximate surface area is 190 Å². The van der Waals surface area contributed by atoms with Crippen molar-refractivity contribution < 1.29 is 27.1 Å². The van der Waals surface area contributed by atoms with Gasteiger partial charge in [-0.25, -0.2) is 12.8 Å². The lowest BCUT2D eigenvalue weighted by molar-refractivity contribution is -0.118. The number of hydrogen-bond acceptors (Lipinski definition) is 7. The Balaban J connectivity index is 1.56. The number of Topliss-reactive ketones (excluding diaryl/α,β-unsaturated/α-hetero) is 1. The maximum atomic E-state index is 14.4.